The highest BCUT2D eigenvalue weighted by Crippen LogP contribution is 2.24. The van der Waals surface area contributed by atoms with Gasteiger partial charge in [-0.2, -0.15) is 5.10 Å². The average Bonchev–Trinajstić information content (AvgIpc) is 2.61. The lowest BCUT2D eigenvalue weighted by atomic mass is 10.3. The van der Waals surface area contributed by atoms with Crippen molar-refractivity contribution in [3.05, 3.63) is 34.9 Å². The standard InChI is InChI=1S/C10H11ClN4O2S/c1-6-9(7(2)14-13-6)15-18(16,17)8-4-3-5-12-10(8)11/h3-5,15H,1-2H3,(H,13,14). The van der Waals surface area contributed by atoms with E-state index in [9.17, 15) is 8.42 Å². The van der Waals surface area contributed by atoms with Crippen molar-refractivity contribution in [1.29, 1.82) is 0 Å². The van der Waals surface area contributed by atoms with Crippen molar-refractivity contribution in [2.75, 3.05) is 4.72 Å². The molecule has 2 N–H and O–H groups in total. The van der Waals surface area contributed by atoms with E-state index in [1.165, 1.54) is 18.3 Å². The van der Waals surface area contributed by atoms with E-state index in [1.54, 1.807) is 13.8 Å². The third-order valence-electron chi connectivity index (χ3n) is 2.38. The number of sulfonamides is 1. The van der Waals surface area contributed by atoms with E-state index in [4.69, 9.17) is 11.6 Å². The van der Waals surface area contributed by atoms with Crippen LogP contribution < -0.4 is 4.72 Å². The van der Waals surface area contributed by atoms with E-state index in [1.807, 2.05) is 0 Å². The quantitative estimate of drug-likeness (QED) is 0.843. The summed E-state index contributed by atoms with van der Waals surface area (Å²) in [6.45, 7) is 3.43. The average molecular weight is 287 g/mol. The van der Waals surface area contributed by atoms with Crippen molar-refractivity contribution in [2.45, 2.75) is 18.7 Å². The number of rotatable bonds is 3. The van der Waals surface area contributed by atoms with Crippen molar-refractivity contribution >= 4 is 27.3 Å². The van der Waals surface area contributed by atoms with Gasteiger partial charge in [-0.25, -0.2) is 13.4 Å². The van der Waals surface area contributed by atoms with Crippen LogP contribution >= 0.6 is 11.6 Å². The van der Waals surface area contributed by atoms with Crippen molar-refractivity contribution in [3.63, 3.8) is 0 Å². The Balaban J connectivity index is 2.43. The molecule has 0 aliphatic rings. The highest BCUT2D eigenvalue weighted by Gasteiger charge is 2.21. The van der Waals surface area contributed by atoms with E-state index in [-0.39, 0.29) is 10.0 Å². The van der Waals surface area contributed by atoms with Crippen LogP contribution in [0, 0.1) is 13.8 Å². The Morgan fingerprint density at radius 1 is 1.39 bits per heavy atom. The fourth-order valence-corrected chi connectivity index (χ4v) is 3.10. The second-order valence-electron chi connectivity index (χ2n) is 3.71. The van der Waals surface area contributed by atoms with Crippen LogP contribution in [0.25, 0.3) is 0 Å². The summed E-state index contributed by atoms with van der Waals surface area (Å²) >= 11 is 5.77. The van der Waals surface area contributed by atoms with E-state index >= 15 is 0 Å². The molecule has 0 atom stereocenters. The van der Waals surface area contributed by atoms with Crippen LogP contribution in [-0.2, 0) is 10.0 Å². The minimum Gasteiger partial charge on any atom is -0.280 e. The van der Waals surface area contributed by atoms with Gasteiger partial charge in [-0.1, -0.05) is 11.6 Å². The Hall–Kier alpha value is -1.60. The maximum absolute atomic E-state index is 12.1. The van der Waals surface area contributed by atoms with E-state index in [0.29, 0.717) is 17.1 Å². The Bertz CT molecular complexity index is 661. The summed E-state index contributed by atoms with van der Waals surface area (Å²) in [5.41, 5.74) is 1.63. The number of halogens is 1. The van der Waals surface area contributed by atoms with E-state index < -0.39 is 10.0 Å². The Labute approximate surface area is 109 Å². The molecule has 6 nitrogen and oxygen atoms in total. The number of nitrogens with one attached hydrogen (secondary N) is 2. The fourth-order valence-electron chi connectivity index (χ4n) is 1.46. The molecular formula is C10H11ClN4O2S. The Kier molecular flexibility index (Phi) is 3.27. The van der Waals surface area contributed by atoms with E-state index in [0.717, 1.165) is 0 Å². The first-order chi connectivity index (χ1) is 8.42. The molecule has 0 saturated carbocycles. The van der Waals surface area contributed by atoms with Crippen LogP contribution in [0.5, 0.6) is 0 Å². The largest absolute Gasteiger partial charge is 0.280 e. The molecule has 0 radical (unpaired) electrons. The summed E-state index contributed by atoms with van der Waals surface area (Å²) in [6, 6.07) is 2.90. The summed E-state index contributed by atoms with van der Waals surface area (Å²) in [6.07, 6.45) is 1.43. The monoisotopic (exact) mass is 286 g/mol. The van der Waals surface area contributed by atoms with Crippen LogP contribution in [0.1, 0.15) is 11.4 Å². The highest BCUT2D eigenvalue weighted by molar-refractivity contribution is 7.92. The molecule has 0 amide bonds. The number of H-pyrrole nitrogens is 1. The van der Waals surface area contributed by atoms with Gasteiger partial charge in [-0.05, 0) is 26.0 Å². The second kappa shape index (κ2) is 4.58. The zero-order chi connectivity index (χ0) is 13.3. The molecule has 0 spiro atoms. The molecule has 0 aliphatic carbocycles. The molecule has 0 saturated heterocycles. The number of anilines is 1. The molecule has 0 fully saturated rings. The number of pyridine rings is 1. The predicted molar refractivity (Wildman–Crippen MR) is 68.1 cm³/mol. The van der Waals surface area contributed by atoms with Gasteiger partial charge in [0.2, 0.25) is 0 Å². The van der Waals surface area contributed by atoms with Crippen molar-refractivity contribution < 1.29 is 8.42 Å². The van der Waals surface area contributed by atoms with Crippen LogP contribution in [0.15, 0.2) is 23.2 Å². The zero-order valence-electron chi connectivity index (χ0n) is 9.73. The number of aromatic nitrogens is 3. The Morgan fingerprint density at radius 3 is 2.67 bits per heavy atom. The van der Waals surface area contributed by atoms with Gasteiger partial charge >= 0.3 is 0 Å². The molecule has 2 aromatic heterocycles. The third kappa shape index (κ3) is 2.32. The normalized spacial score (nSPS) is 11.5. The van der Waals surface area contributed by atoms with Gasteiger partial charge in [0, 0.05) is 6.20 Å². The molecule has 0 aromatic carbocycles. The van der Waals surface area contributed by atoms with Gasteiger partial charge in [0.15, 0.2) is 0 Å². The molecule has 0 bridgehead atoms. The van der Waals surface area contributed by atoms with Crippen molar-refractivity contribution in [2.24, 2.45) is 0 Å². The summed E-state index contributed by atoms with van der Waals surface area (Å²) < 4.78 is 26.7. The fraction of sp³-hybridized carbons (Fsp3) is 0.200. The summed E-state index contributed by atoms with van der Waals surface area (Å²) in [7, 11) is -3.76. The molecular weight excluding hydrogens is 276 g/mol. The smallest absolute Gasteiger partial charge is 0.265 e. The van der Waals surface area contributed by atoms with Gasteiger partial charge in [-0.15, -0.1) is 0 Å². The Morgan fingerprint density at radius 2 is 2.11 bits per heavy atom. The summed E-state index contributed by atoms with van der Waals surface area (Å²) in [4.78, 5) is 3.68. The van der Waals surface area contributed by atoms with Crippen LogP contribution in [0.2, 0.25) is 5.15 Å². The highest BCUT2D eigenvalue weighted by atomic mass is 35.5. The van der Waals surface area contributed by atoms with Crippen molar-refractivity contribution in [1.82, 2.24) is 15.2 Å². The minimum atomic E-state index is -3.76. The van der Waals surface area contributed by atoms with Crippen molar-refractivity contribution in [3.8, 4) is 0 Å². The van der Waals surface area contributed by atoms with Gasteiger partial charge < -0.3 is 0 Å². The lowest BCUT2D eigenvalue weighted by molar-refractivity contribution is 0.601. The molecule has 2 aromatic rings. The van der Waals surface area contributed by atoms with Gasteiger partial charge in [0.05, 0.1) is 17.1 Å². The first-order valence-corrected chi connectivity index (χ1v) is 6.93. The van der Waals surface area contributed by atoms with E-state index in [2.05, 4.69) is 19.9 Å². The number of nitrogens with zero attached hydrogens (tertiary/aromatic N) is 2. The maximum atomic E-state index is 12.1. The SMILES string of the molecule is Cc1n[nH]c(C)c1NS(=O)(=O)c1cccnc1Cl. The van der Waals surface area contributed by atoms with Gasteiger partial charge in [0.1, 0.15) is 10.0 Å². The van der Waals surface area contributed by atoms with Gasteiger partial charge in [0.25, 0.3) is 10.0 Å². The molecule has 0 aliphatic heterocycles. The summed E-state index contributed by atoms with van der Waals surface area (Å²) in [5.74, 6) is 0. The molecule has 8 heteroatoms. The number of hydrogen-bond acceptors (Lipinski definition) is 4. The molecule has 18 heavy (non-hydrogen) atoms. The van der Waals surface area contributed by atoms with Gasteiger partial charge in [-0.3, -0.25) is 9.82 Å². The zero-order valence-corrected chi connectivity index (χ0v) is 11.3. The predicted octanol–water partition coefficient (Wildman–Crippen LogP) is 1.88. The van der Waals surface area contributed by atoms with Crippen LogP contribution in [0.3, 0.4) is 0 Å². The molecule has 2 heterocycles. The molecule has 0 unspecified atom stereocenters. The maximum Gasteiger partial charge on any atom is 0.265 e. The summed E-state index contributed by atoms with van der Waals surface area (Å²) in [5, 5.41) is 6.55. The lowest BCUT2D eigenvalue weighted by Crippen LogP contribution is -2.14. The third-order valence-corrected chi connectivity index (χ3v) is 4.17. The number of aryl methyl sites for hydroxylation is 2. The molecule has 2 rings (SSSR count). The lowest BCUT2D eigenvalue weighted by Gasteiger charge is -2.08. The first-order valence-electron chi connectivity index (χ1n) is 5.06. The second-order valence-corrected chi connectivity index (χ2v) is 5.72. The van der Waals surface area contributed by atoms with Crippen LogP contribution in [-0.4, -0.2) is 23.6 Å². The molecule has 96 valence electrons. The minimum absolute atomic E-state index is 0.0633. The number of hydrogen-bond donors (Lipinski definition) is 2. The first kappa shape index (κ1) is 12.8. The topological polar surface area (TPSA) is 87.7 Å². The van der Waals surface area contributed by atoms with Crippen LogP contribution in [0.4, 0.5) is 5.69 Å². The number of aromatic amines is 1.